The van der Waals surface area contributed by atoms with Gasteiger partial charge >= 0.3 is 0 Å². The molecule has 2 N–H and O–H groups in total. The Balaban J connectivity index is 2.69. The van der Waals surface area contributed by atoms with Crippen molar-refractivity contribution in [1.29, 1.82) is 0 Å². The third-order valence-corrected chi connectivity index (χ3v) is 2.51. The Labute approximate surface area is 95.9 Å². The van der Waals surface area contributed by atoms with Crippen LogP contribution in [-0.2, 0) is 4.79 Å². The minimum atomic E-state index is 0.0706. The van der Waals surface area contributed by atoms with E-state index in [4.69, 9.17) is 5.73 Å². The molecule has 1 aromatic heterocycles. The van der Waals surface area contributed by atoms with Crippen LogP contribution < -0.4 is 10.6 Å². The summed E-state index contributed by atoms with van der Waals surface area (Å²) in [7, 11) is 3.62. The van der Waals surface area contributed by atoms with Crippen LogP contribution in [0.2, 0.25) is 0 Å². The predicted octanol–water partition coefficient (Wildman–Crippen LogP) is 0.578. The Morgan fingerprint density at radius 2 is 2.19 bits per heavy atom. The van der Waals surface area contributed by atoms with E-state index >= 15 is 0 Å². The van der Waals surface area contributed by atoms with E-state index in [1.54, 1.807) is 30.4 Å². The highest BCUT2D eigenvalue weighted by molar-refractivity contribution is 5.82. The van der Waals surface area contributed by atoms with Gasteiger partial charge in [0, 0.05) is 26.8 Å². The van der Waals surface area contributed by atoms with Gasteiger partial charge < -0.3 is 15.5 Å². The number of nitrogens with two attached hydrogens (primary N) is 1. The SMILES string of the molecule is CCN(C)C(=O)CN(C)c1ccncc1N. The Kier molecular flexibility index (Phi) is 4.10. The number of pyridine rings is 1. The van der Waals surface area contributed by atoms with E-state index in [9.17, 15) is 4.79 Å². The van der Waals surface area contributed by atoms with E-state index in [1.165, 1.54) is 0 Å². The summed E-state index contributed by atoms with van der Waals surface area (Å²) in [4.78, 5) is 19.1. The van der Waals surface area contributed by atoms with Crippen LogP contribution in [0.25, 0.3) is 0 Å². The van der Waals surface area contributed by atoms with E-state index < -0.39 is 0 Å². The van der Waals surface area contributed by atoms with Crippen LogP contribution in [0.4, 0.5) is 11.4 Å². The fourth-order valence-corrected chi connectivity index (χ4v) is 1.33. The first kappa shape index (κ1) is 12.3. The molecule has 0 atom stereocenters. The van der Waals surface area contributed by atoms with Gasteiger partial charge in [-0.2, -0.15) is 0 Å². The molecule has 0 saturated heterocycles. The number of hydrogen-bond acceptors (Lipinski definition) is 4. The van der Waals surface area contributed by atoms with Gasteiger partial charge in [0.25, 0.3) is 0 Å². The van der Waals surface area contributed by atoms with Crippen LogP contribution in [0, 0.1) is 0 Å². The van der Waals surface area contributed by atoms with Crippen LogP contribution >= 0.6 is 0 Å². The topological polar surface area (TPSA) is 62.5 Å². The van der Waals surface area contributed by atoms with Crippen molar-refractivity contribution in [3.05, 3.63) is 18.5 Å². The second-order valence-corrected chi connectivity index (χ2v) is 3.70. The van der Waals surface area contributed by atoms with E-state index in [-0.39, 0.29) is 5.91 Å². The second kappa shape index (κ2) is 5.34. The minimum absolute atomic E-state index is 0.0706. The van der Waals surface area contributed by atoms with Gasteiger partial charge in [-0.15, -0.1) is 0 Å². The summed E-state index contributed by atoms with van der Waals surface area (Å²) in [6.45, 7) is 2.97. The molecule has 88 valence electrons. The molecular weight excluding hydrogens is 204 g/mol. The third kappa shape index (κ3) is 2.85. The summed E-state index contributed by atoms with van der Waals surface area (Å²) in [6, 6.07) is 1.80. The van der Waals surface area contributed by atoms with Crippen molar-refractivity contribution in [3.8, 4) is 0 Å². The van der Waals surface area contributed by atoms with Crippen LogP contribution in [0.15, 0.2) is 18.5 Å². The van der Waals surface area contributed by atoms with Crippen LogP contribution in [0.3, 0.4) is 0 Å². The standard InChI is InChI=1S/C11H18N4O/c1-4-14(2)11(16)8-15(3)10-5-6-13-7-9(10)12/h5-7H,4,8,12H2,1-3H3. The summed E-state index contributed by atoms with van der Waals surface area (Å²) in [6.07, 6.45) is 3.25. The van der Waals surface area contributed by atoms with Crippen molar-refractivity contribution in [1.82, 2.24) is 9.88 Å². The number of nitrogens with zero attached hydrogens (tertiary/aromatic N) is 3. The van der Waals surface area contributed by atoms with Crippen molar-refractivity contribution in [3.63, 3.8) is 0 Å². The van der Waals surface area contributed by atoms with E-state index in [2.05, 4.69) is 4.98 Å². The lowest BCUT2D eigenvalue weighted by Gasteiger charge is -2.23. The van der Waals surface area contributed by atoms with Crippen LogP contribution in [0.5, 0.6) is 0 Å². The first-order valence-electron chi connectivity index (χ1n) is 5.20. The lowest BCUT2D eigenvalue weighted by molar-refractivity contribution is -0.128. The average Bonchev–Trinajstić information content (AvgIpc) is 2.28. The maximum absolute atomic E-state index is 11.7. The summed E-state index contributed by atoms with van der Waals surface area (Å²) in [5.41, 5.74) is 7.18. The fraction of sp³-hybridized carbons (Fsp3) is 0.455. The molecule has 0 aliphatic rings. The largest absolute Gasteiger partial charge is 0.396 e. The zero-order valence-electron chi connectivity index (χ0n) is 9.97. The molecule has 0 radical (unpaired) electrons. The summed E-state index contributed by atoms with van der Waals surface area (Å²) in [5.74, 6) is 0.0706. The molecule has 0 fully saturated rings. The average molecular weight is 222 g/mol. The molecule has 5 heteroatoms. The monoisotopic (exact) mass is 222 g/mol. The minimum Gasteiger partial charge on any atom is -0.396 e. The Morgan fingerprint density at radius 1 is 1.50 bits per heavy atom. The zero-order chi connectivity index (χ0) is 12.1. The van der Waals surface area contributed by atoms with Crippen LogP contribution in [0.1, 0.15) is 6.92 Å². The maximum atomic E-state index is 11.7. The molecule has 0 unspecified atom stereocenters. The molecule has 0 saturated carbocycles. The number of carbonyl (C=O) groups is 1. The molecule has 0 aliphatic carbocycles. The number of rotatable bonds is 4. The number of hydrogen-bond donors (Lipinski definition) is 1. The number of likely N-dealkylation sites (N-methyl/N-ethyl adjacent to an activating group) is 2. The normalized spacial score (nSPS) is 9.94. The van der Waals surface area contributed by atoms with Crippen molar-refractivity contribution < 1.29 is 4.79 Å². The van der Waals surface area contributed by atoms with Gasteiger partial charge in [-0.3, -0.25) is 9.78 Å². The van der Waals surface area contributed by atoms with Gasteiger partial charge in [-0.25, -0.2) is 0 Å². The first-order chi connectivity index (χ1) is 7.56. The molecule has 5 nitrogen and oxygen atoms in total. The molecule has 0 bridgehead atoms. The quantitative estimate of drug-likeness (QED) is 0.809. The highest BCUT2D eigenvalue weighted by Gasteiger charge is 2.12. The van der Waals surface area contributed by atoms with Crippen LogP contribution in [-0.4, -0.2) is 43.0 Å². The smallest absolute Gasteiger partial charge is 0.241 e. The van der Waals surface area contributed by atoms with E-state index in [0.29, 0.717) is 18.8 Å². The summed E-state index contributed by atoms with van der Waals surface area (Å²) in [5, 5.41) is 0. The van der Waals surface area contributed by atoms with Gasteiger partial charge in [-0.1, -0.05) is 0 Å². The molecule has 1 heterocycles. The van der Waals surface area contributed by atoms with Gasteiger partial charge in [0.2, 0.25) is 5.91 Å². The van der Waals surface area contributed by atoms with Gasteiger partial charge in [0.15, 0.2) is 0 Å². The fourth-order valence-electron chi connectivity index (χ4n) is 1.33. The molecular formula is C11H18N4O. The molecule has 0 spiro atoms. The summed E-state index contributed by atoms with van der Waals surface area (Å²) >= 11 is 0. The van der Waals surface area contributed by atoms with Gasteiger partial charge in [0.05, 0.1) is 24.1 Å². The van der Waals surface area contributed by atoms with Gasteiger partial charge in [-0.05, 0) is 13.0 Å². The molecule has 1 aromatic rings. The Morgan fingerprint density at radius 3 is 2.75 bits per heavy atom. The highest BCUT2D eigenvalue weighted by Crippen LogP contribution is 2.19. The number of amides is 1. The third-order valence-electron chi connectivity index (χ3n) is 2.51. The number of aromatic nitrogens is 1. The lowest BCUT2D eigenvalue weighted by Crippen LogP contribution is -2.36. The first-order valence-corrected chi connectivity index (χ1v) is 5.20. The van der Waals surface area contributed by atoms with Gasteiger partial charge in [0.1, 0.15) is 0 Å². The summed E-state index contributed by atoms with van der Waals surface area (Å²) < 4.78 is 0. The van der Waals surface area contributed by atoms with E-state index in [0.717, 1.165) is 5.69 Å². The van der Waals surface area contributed by atoms with Crippen molar-refractivity contribution in [2.75, 3.05) is 37.8 Å². The number of carbonyl (C=O) groups excluding carboxylic acids is 1. The van der Waals surface area contributed by atoms with Crippen molar-refractivity contribution >= 4 is 17.3 Å². The highest BCUT2D eigenvalue weighted by atomic mass is 16.2. The molecule has 16 heavy (non-hydrogen) atoms. The van der Waals surface area contributed by atoms with Crippen molar-refractivity contribution in [2.24, 2.45) is 0 Å². The maximum Gasteiger partial charge on any atom is 0.241 e. The predicted molar refractivity (Wildman–Crippen MR) is 65.2 cm³/mol. The molecule has 1 amide bonds. The number of nitrogen functional groups attached to an aromatic ring is 1. The lowest BCUT2D eigenvalue weighted by atomic mass is 10.3. The molecule has 0 aromatic carbocycles. The molecule has 0 aliphatic heterocycles. The van der Waals surface area contributed by atoms with Crippen molar-refractivity contribution in [2.45, 2.75) is 6.92 Å². The number of anilines is 2. The zero-order valence-corrected chi connectivity index (χ0v) is 9.97. The van der Waals surface area contributed by atoms with E-state index in [1.807, 2.05) is 18.9 Å². The Bertz CT molecular complexity index is 367. The molecule has 1 rings (SSSR count). The Hall–Kier alpha value is -1.78. The second-order valence-electron chi connectivity index (χ2n) is 3.70.